The molecule has 1 aromatic carbocycles. The molecule has 8 heteroatoms. The van der Waals surface area contributed by atoms with Gasteiger partial charge in [0.05, 0.1) is 31.5 Å². The van der Waals surface area contributed by atoms with Gasteiger partial charge in [0.1, 0.15) is 11.5 Å². The summed E-state index contributed by atoms with van der Waals surface area (Å²) < 4.78 is 13.1. The molecule has 0 saturated carbocycles. The fourth-order valence-corrected chi connectivity index (χ4v) is 3.90. The maximum absolute atomic E-state index is 13.3. The van der Waals surface area contributed by atoms with Gasteiger partial charge >= 0.3 is 0 Å². The van der Waals surface area contributed by atoms with Gasteiger partial charge in [0.15, 0.2) is 5.69 Å². The second-order valence-electron chi connectivity index (χ2n) is 9.34. The molecule has 0 fully saturated rings. The van der Waals surface area contributed by atoms with Crippen LogP contribution in [-0.2, 0) is 4.79 Å². The Labute approximate surface area is 203 Å². The molecule has 0 saturated heterocycles. The van der Waals surface area contributed by atoms with Crippen molar-refractivity contribution < 1.29 is 19.1 Å². The molecular weight excluding hydrogens is 432 g/mol. The van der Waals surface area contributed by atoms with Crippen LogP contribution in [0.2, 0.25) is 0 Å². The van der Waals surface area contributed by atoms with Gasteiger partial charge in [-0.05, 0) is 50.3 Å². The van der Waals surface area contributed by atoms with E-state index in [1.165, 1.54) is 0 Å². The quantitative estimate of drug-likeness (QED) is 0.476. The maximum Gasteiger partial charge on any atom is 0.272 e. The number of nitrogens with one attached hydrogen (secondary N) is 2. The standard InChI is InChI=1S/C26H40N4O4/c1-9-27-24(31)14-19(13-16(2)3)28-26(32)20-15-21(30(29-20)18(6)17(4)5)25-22(33-7)11-10-12-23(25)34-8/h10-12,15-19H,9,13-14H2,1-8H3,(H,27,31)(H,28,32). The summed E-state index contributed by atoms with van der Waals surface area (Å²) >= 11 is 0. The molecule has 0 spiro atoms. The van der Waals surface area contributed by atoms with Crippen molar-refractivity contribution in [3.05, 3.63) is 30.0 Å². The maximum atomic E-state index is 13.3. The van der Waals surface area contributed by atoms with Crippen molar-refractivity contribution in [1.82, 2.24) is 20.4 Å². The highest BCUT2D eigenvalue weighted by molar-refractivity contribution is 5.94. The molecule has 0 aliphatic carbocycles. The third-order valence-corrected chi connectivity index (χ3v) is 5.90. The Morgan fingerprint density at radius 2 is 1.68 bits per heavy atom. The lowest BCUT2D eigenvalue weighted by Crippen LogP contribution is -2.40. The first kappa shape index (κ1) is 27.2. The van der Waals surface area contributed by atoms with Gasteiger partial charge < -0.3 is 20.1 Å². The molecule has 0 bridgehead atoms. The minimum absolute atomic E-state index is 0.0213. The van der Waals surface area contributed by atoms with Gasteiger partial charge in [-0.1, -0.05) is 33.8 Å². The van der Waals surface area contributed by atoms with E-state index in [0.29, 0.717) is 36.1 Å². The number of nitrogens with zero attached hydrogens (tertiary/aromatic N) is 2. The van der Waals surface area contributed by atoms with E-state index in [2.05, 4.69) is 45.3 Å². The summed E-state index contributed by atoms with van der Waals surface area (Å²) in [6.45, 7) is 12.9. The highest BCUT2D eigenvalue weighted by Gasteiger charge is 2.26. The van der Waals surface area contributed by atoms with Gasteiger partial charge in [-0.15, -0.1) is 0 Å². The van der Waals surface area contributed by atoms with E-state index in [9.17, 15) is 9.59 Å². The summed E-state index contributed by atoms with van der Waals surface area (Å²) in [7, 11) is 3.21. The monoisotopic (exact) mass is 472 g/mol. The van der Waals surface area contributed by atoms with Gasteiger partial charge in [0, 0.05) is 19.0 Å². The van der Waals surface area contributed by atoms with Gasteiger partial charge in [0.2, 0.25) is 5.91 Å². The molecule has 0 radical (unpaired) electrons. The summed E-state index contributed by atoms with van der Waals surface area (Å²) in [5.74, 6) is 1.50. The molecule has 2 atom stereocenters. The van der Waals surface area contributed by atoms with Crippen molar-refractivity contribution in [3.8, 4) is 22.8 Å². The van der Waals surface area contributed by atoms with Gasteiger partial charge in [-0.25, -0.2) is 0 Å². The summed E-state index contributed by atoms with van der Waals surface area (Å²) in [4.78, 5) is 25.5. The molecule has 188 valence electrons. The molecule has 2 rings (SSSR count). The topological polar surface area (TPSA) is 94.5 Å². The molecule has 0 aliphatic rings. The van der Waals surface area contributed by atoms with E-state index in [-0.39, 0.29) is 36.2 Å². The Hall–Kier alpha value is -3.03. The number of methoxy groups -OCH3 is 2. The van der Waals surface area contributed by atoms with Gasteiger partial charge in [-0.3, -0.25) is 14.3 Å². The molecule has 1 aromatic heterocycles. The van der Waals surface area contributed by atoms with Crippen LogP contribution < -0.4 is 20.1 Å². The molecule has 1 heterocycles. The summed E-state index contributed by atoms with van der Waals surface area (Å²) in [6, 6.07) is 7.09. The zero-order valence-corrected chi connectivity index (χ0v) is 21.8. The van der Waals surface area contributed by atoms with Crippen molar-refractivity contribution in [1.29, 1.82) is 0 Å². The first-order valence-electron chi connectivity index (χ1n) is 12.0. The van der Waals surface area contributed by atoms with Crippen LogP contribution in [-0.4, -0.2) is 48.4 Å². The van der Waals surface area contributed by atoms with Crippen molar-refractivity contribution in [2.24, 2.45) is 11.8 Å². The molecule has 0 aliphatic heterocycles. The number of aromatic nitrogens is 2. The Bertz CT molecular complexity index is 945. The average Bonchev–Trinajstić information content (AvgIpc) is 3.22. The largest absolute Gasteiger partial charge is 0.496 e. The van der Waals surface area contributed by atoms with Crippen molar-refractivity contribution in [3.63, 3.8) is 0 Å². The van der Waals surface area contributed by atoms with E-state index in [1.54, 1.807) is 20.3 Å². The third-order valence-electron chi connectivity index (χ3n) is 5.90. The molecule has 2 unspecified atom stereocenters. The third kappa shape index (κ3) is 6.74. The Morgan fingerprint density at radius 3 is 2.18 bits per heavy atom. The predicted molar refractivity (Wildman–Crippen MR) is 134 cm³/mol. The van der Waals surface area contributed by atoms with Gasteiger partial charge in [-0.2, -0.15) is 5.10 Å². The minimum atomic E-state index is -0.306. The molecule has 2 amide bonds. The summed E-state index contributed by atoms with van der Waals surface area (Å²) in [6.07, 6.45) is 0.924. The highest BCUT2D eigenvalue weighted by Crippen LogP contribution is 2.40. The van der Waals surface area contributed by atoms with E-state index in [1.807, 2.05) is 29.8 Å². The van der Waals surface area contributed by atoms with Crippen LogP contribution in [0.4, 0.5) is 0 Å². The first-order chi connectivity index (χ1) is 16.1. The Morgan fingerprint density at radius 1 is 1.06 bits per heavy atom. The Kier molecular flexibility index (Phi) is 9.96. The van der Waals surface area contributed by atoms with Gasteiger partial charge in [0.25, 0.3) is 5.91 Å². The lowest BCUT2D eigenvalue weighted by atomic mass is 10.0. The summed E-state index contributed by atoms with van der Waals surface area (Å²) in [5, 5.41) is 10.5. The second-order valence-corrected chi connectivity index (χ2v) is 9.34. The zero-order valence-electron chi connectivity index (χ0n) is 21.8. The zero-order chi connectivity index (χ0) is 25.4. The normalized spacial score (nSPS) is 13.0. The van der Waals surface area contributed by atoms with E-state index < -0.39 is 0 Å². The van der Waals surface area contributed by atoms with Crippen LogP contribution in [0.5, 0.6) is 11.5 Å². The fraction of sp³-hybridized carbons (Fsp3) is 0.577. The molecule has 34 heavy (non-hydrogen) atoms. The van der Waals surface area contributed by atoms with E-state index >= 15 is 0 Å². The predicted octanol–water partition coefficient (Wildman–Crippen LogP) is 4.46. The second kappa shape index (κ2) is 12.4. The van der Waals surface area contributed by atoms with Crippen LogP contribution in [0.3, 0.4) is 0 Å². The van der Waals surface area contributed by atoms with Crippen LogP contribution >= 0.6 is 0 Å². The minimum Gasteiger partial charge on any atom is -0.496 e. The average molecular weight is 473 g/mol. The lowest BCUT2D eigenvalue weighted by Gasteiger charge is -2.21. The molecule has 2 N–H and O–H groups in total. The number of amides is 2. The molecular formula is C26H40N4O4. The van der Waals surface area contributed by atoms with Crippen LogP contribution in [0, 0.1) is 11.8 Å². The number of hydrogen-bond acceptors (Lipinski definition) is 5. The van der Waals surface area contributed by atoms with Crippen LogP contribution in [0.1, 0.15) is 70.9 Å². The van der Waals surface area contributed by atoms with E-state index in [4.69, 9.17) is 14.6 Å². The number of carbonyl (C=O) groups is 2. The number of benzene rings is 1. The molecule has 2 aromatic rings. The Balaban J connectivity index is 2.49. The SMILES string of the molecule is CCNC(=O)CC(CC(C)C)NC(=O)c1cc(-c2c(OC)cccc2OC)n(C(C)C(C)C)n1. The number of carbonyl (C=O) groups excluding carboxylic acids is 2. The van der Waals surface area contributed by atoms with Crippen LogP contribution in [0.25, 0.3) is 11.3 Å². The van der Waals surface area contributed by atoms with E-state index in [0.717, 1.165) is 11.3 Å². The first-order valence-corrected chi connectivity index (χ1v) is 12.0. The number of hydrogen-bond donors (Lipinski definition) is 2. The van der Waals surface area contributed by atoms with Crippen molar-refractivity contribution in [2.75, 3.05) is 20.8 Å². The molecule has 8 nitrogen and oxygen atoms in total. The number of rotatable bonds is 12. The number of ether oxygens (including phenoxy) is 2. The highest BCUT2D eigenvalue weighted by atomic mass is 16.5. The smallest absolute Gasteiger partial charge is 0.272 e. The van der Waals surface area contributed by atoms with Crippen molar-refractivity contribution >= 4 is 11.8 Å². The lowest BCUT2D eigenvalue weighted by molar-refractivity contribution is -0.121. The fourth-order valence-electron chi connectivity index (χ4n) is 3.90. The van der Waals surface area contributed by atoms with Crippen LogP contribution in [0.15, 0.2) is 24.3 Å². The van der Waals surface area contributed by atoms with Crippen molar-refractivity contribution in [2.45, 2.75) is 66.5 Å². The summed E-state index contributed by atoms with van der Waals surface area (Å²) in [5.41, 5.74) is 1.78.